The van der Waals surface area contributed by atoms with E-state index in [4.69, 9.17) is 22.1 Å². The molecule has 1 aliphatic carbocycles. The van der Waals surface area contributed by atoms with E-state index in [1.807, 2.05) is 0 Å². The Bertz CT molecular complexity index is 1090. The Labute approximate surface area is 200 Å². The second-order valence-electron chi connectivity index (χ2n) is 9.06. The number of benzene rings is 1. The first-order valence-corrected chi connectivity index (χ1v) is 11.5. The van der Waals surface area contributed by atoms with Crippen LogP contribution in [0, 0.1) is 5.41 Å². The lowest BCUT2D eigenvalue weighted by Gasteiger charge is -2.44. The third kappa shape index (κ3) is 4.79. The molecule has 1 aliphatic heterocycles. The molecule has 0 saturated heterocycles. The number of nitrogens with zero attached hydrogens (tertiary/aromatic N) is 3. The average Bonchev–Trinajstić information content (AvgIpc) is 2.74. The summed E-state index contributed by atoms with van der Waals surface area (Å²) in [6.45, 7) is 2.89. The first-order chi connectivity index (χ1) is 16.0. The minimum absolute atomic E-state index is 0.0157. The van der Waals surface area contributed by atoms with Crippen LogP contribution in [0.5, 0.6) is 0 Å². The van der Waals surface area contributed by atoms with Crippen LogP contribution in [0.1, 0.15) is 54.6 Å². The van der Waals surface area contributed by atoms with Gasteiger partial charge in [0.15, 0.2) is 0 Å². The average molecular weight is 498 g/mol. The molecule has 0 spiro atoms. The molecule has 2 heterocycles. The molecule has 34 heavy (non-hydrogen) atoms. The molecule has 0 unspecified atom stereocenters. The van der Waals surface area contributed by atoms with Gasteiger partial charge in [-0.1, -0.05) is 6.42 Å². The number of hydrogen-bond donors (Lipinski definition) is 2. The number of nitrogens with two attached hydrogens (primary N) is 1. The Morgan fingerprint density at radius 3 is 2.68 bits per heavy atom. The number of nitrogens with one attached hydrogen (secondary N) is 1. The maximum Gasteiger partial charge on any atom is 0.416 e. The van der Waals surface area contributed by atoms with Crippen molar-refractivity contribution in [3.05, 3.63) is 45.9 Å². The molecular weight excluding hydrogens is 471 g/mol. The fourth-order valence-electron chi connectivity index (χ4n) is 4.69. The lowest BCUT2D eigenvalue weighted by molar-refractivity contribution is -0.153. The standard InChI is InChI=1S/C23H27ClF3N5O2/c1-13(14-8-15(23(25,26)27)10-16(28)9-14)29-19-17-11-32(7-4-18(17)30-21(24)31-19)20(33)22(12-34-2)5-3-6-22/h8-10,13H,3-7,11-12,28H2,1-2H3,(H,29,30,31)/t13-/m1/s1. The van der Waals surface area contributed by atoms with Crippen LogP contribution < -0.4 is 11.1 Å². The number of hydrogen-bond acceptors (Lipinski definition) is 6. The second kappa shape index (κ2) is 9.22. The van der Waals surface area contributed by atoms with E-state index in [0.717, 1.165) is 37.1 Å². The minimum Gasteiger partial charge on any atom is -0.399 e. The topological polar surface area (TPSA) is 93.4 Å². The largest absolute Gasteiger partial charge is 0.416 e. The quantitative estimate of drug-likeness (QED) is 0.447. The number of aromatic nitrogens is 2. The van der Waals surface area contributed by atoms with Gasteiger partial charge in [0.1, 0.15) is 5.82 Å². The van der Waals surface area contributed by atoms with Gasteiger partial charge in [0, 0.05) is 31.3 Å². The second-order valence-corrected chi connectivity index (χ2v) is 9.40. The number of amides is 1. The number of rotatable bonds is 6. The number of alkyl halides is 3. The van der Waals surface area contributed by atoms with Crippen molar-refractivity contribution in [3.63, 3.8) is 0 Å². The molecule has 1 aromatic heterocycles. The highest BCUT2D eigenvalue weighted by molar-refractivity contribution is 6.28. The Morgan fingerprint density at radius 1 is 1.32 bits per heavy atom. The molecule has 7 nitrogen and oxygen atoms in total. The lowest BCUT2D eigenvalue weighted by Crippen LogP contribution is -2.51. The van der Waals surface area contributed by atoms with Gasteiger partial charge < -0.3 is 20.7 Å². The van der Waals surface area contributed by atoms with Gasteiger partial charge in [0.05, 0.1) is 35.9 Å². The molecule has 1 fully saturated rings. The molecular formula is C23H27ClF3N5O2. The summed E-state index contributed by atoms with van der Waals surface area (Å²) in [4.78, 5) is 23.7. The Morgan fingerprint density at radius 2 is 2.06 bits per heavy atom. The third-order valence-electron chi connectivity index (χ3n) is 6.66. The molecule has 1 aromatic carbocycles. The summed E-state index contributed by atoms with van der Waals surface area (Å²) in [7, 11) is 1.60. The molecule has 2 aromatic rings. The molecule has 0 radical (unpaired) electrons. The summed E-state index contributed by atoms with van der Waals surface area (Å²) < 4.78 is 45.1. The zero-order valence-electron chi connectivity index (χ0n) is 19.0. The summed E-state index contributed by atoms with van der Waals surface area (Å²) in [5, 5.41) is 3.20. The van der Waals surface area contributed by atoms with Crippen molar-refractivity contribution >= 4 is 29.0 Å². The van der Waals surface area contributed by atoms with Gasteiger partial charge in [-0.2, -0.15) is 13.2 Å². The number of methoxy groups -OCH3 is 1. The predicted octanol–water partition coefficient (Wildman–Crippen LogP) is 4.61. The normalized spacial score (nSPS) is 18.1. The Balaban J connectivity index is 1.60. The molecule has 1 saturated carbocycles. The van der Waals surface area contributed by atoms with E-state index < -0.39 is 23.2 Å². The van der Waals surface area contributed by atoms with Gasteiger partial charge in [0.2, 0.25) is 11.2 Å². The van der Waals surface area contributed by atoms with Gasteiger partial charge in [-0.3, -0.25) is 4.79 Å². The summed E-state index contributed by atoms with van der Waals surface area (Å²) in [6.07, 6.45) is -1.44. The van der Waals surface area contributed by atoms with Crippen LogP contribution >= 0.6 is 11.6 Å². The number of nitrogen functional groups attached to an aromatic ring is 1. The molecule has 184 valence electrons. The van der Waals surface area contributed by atoms with E-state index in [1.54, 1.807) is 18.9 Å². The van der Waals surface area contributed by atoms with Crippen LogP contribution in [0.25, 0.3) is 0 Å². The van der Waals surface area contributed by atoms with Crippen LogP contribution in [-0.4, -0.2) is 41.0 Å². The number of anilines is 2. The van der Waals surface area contributed by atoms with Crippen LogP contribution in [-0.2, 0) is 28.7 Å². The molecule has 3 N–H and O–H groups in total. The van der Waals surface area contributed by atoms with Gasteiger partial charge in [-0.15, -0.1) is 0 Å². The molecule has 0 bridgehead atoms. The number of carbonyl (C=O) groups excluding carboxylic acids is 1. The van der Waals surface area contributed by atoms with E-state index >= 15 is 0 Å². The number of ether oxygens (including phenoxy) is 1. The van der Waals surface area contributed by atoms with Crippen molar-refractivity contribution < 1.29 is 22.7 Å². The fourth-order valence-corrected chi connectivity index (χ4v) is 4.88. The SMILES string of the molecule is COCC1(C(=O)N2CCc3nc(Cl)nc(N[C@H](C)c4cc(N)cc(C(F)(F)F)c4)c3C2)CCC1. The highest BCUT2D eigenvalue weighted by Gasteiger charge is 2.47. The molecule has 1 atom stereocenters. The van der Waals surface area contributed by atoms with Crippen LogP contribution in [0.2, 0.25) is 5.28 Å². The zero-order valence-corrected chi connectivity index (χ0v) is 19.8. The first-order valence-electron chi connectivity index (χ1n) is 11.1. The van der Waals surface area contributed by atoms with E-state index in [-0.39, 0.29) is 23.4 Å². The van der Waals surface area contributed by atoms with E-state index in [9.17, 15) is 18.0 Å². The lowest BCUT2D eigenvalue weighted by atomic mass is 9.68. The van der Waals surface area contributed by atoms with Crippen LogP contribution in [0.4, 0.5) is 24.7 Å². The van der Waals surface area contributed by atoms with Crippen molar-refractivity contribution in [3.8, 4) is 0 Å². The summed E-state index contributed by atoms with van der Waals surface area (Å²) in [5.41, 5.74) is 6.22. The summed E-state index contributed by atoms with van der Waals surface area (Å²) in [5.74, 6) is 0.441. The van der Waals surface area contributed by atoms with Gasteiger partial charge >= 0.3 is 6.18 Å². The fraction of sp³-hybridized carbons (Fsp3) is 0.522. The van der Waals surface area contributed by atoms with Crippen molar-refractivity contribution in [2.24, 2.45) is 5.41 Å². The van der Waals surface area contributed by atoms with E-state index in [0.29, 0.717) is 36.5 Å². The molecule has 1 amide bonds. The van der Waals surface area contributed by atoms with Crippen molar-refractivity contribution in [1.82, 2.24) is 14.9 Å². The third-order valence-corrected chi connectivity index (χ3v) is 6.83. The van der Waals surface area contributed by atoms with Crippen LogP contribution in [0.15, 0.2) is 18.2 Å². The molecule has 4 rings (SSSR count). The van der Waals surface area contributed by atoms with Crippen molar-refractivity contribution in [2.45, 2.75) is 51.4 Å². The molecule has 11 heteroatoms. The van der Waals surface area contributed by atoms with Crippen LogP contribution in [0.3, 0.4) is 0 Å². The highest BCUT2D eigenvalue weighted by atomic mass is 35.5. The minimum atomic E-state index is -4.51. The monoisotopic (exact) mass is 497 g/mol. The summed E-state index contributed by atoms with van der Waals surface area (Å²) >= 11 is 6.14. The van der Waals surface area contributed by atoms with E-state index in [1.165, 1.54) is 6.07 Å². The van der Waals surface area contributed by atoms with Gasteiger partial charge in [-0.25, -0.2) is 9.97 Å². The van der Waals surface area contributed by atoms with E-state index in [2.05, 4.69) is 15.3 Å². The Hall–Kier alpha value is -2.59. The first kappa shape index (κ1) is 24.5. The maximum absolute atomic E-state index is 13.3. The highest BCUT2D eigenvalue weighted by Crippen LogP contribution is 2.44. The number of halogens is 4. The smallest absolute Gasteiger partial charge is 0.399 e. The predicted molar refractivity (Wildman–Crippen MR) is 122 cm³/mol. The zero-order chi connectivity index (χ0) is 24.7. The van der Waals surface area contributed by atoms with Crippen molar-refractivity contribution in [1.29, 1.82) is 0 Å². The number of fused-ring (bicyclic) bond motifs is 1. The maximum atomic E-state index is 13.3. The number of carbonyl (C=O) groups is 1. The molecule has 2 aliphatic rings. The van der Waals surface area contributed by atoms with Gasteiger partial charge in [-0.05, 0) is 55.1 Å². The van der Waals surface area contributed by atoms with Crippen molar-refractivity contribution in [2.75, 3.05) is 31.3 Å². The van der Waals surface area contributed by atoms with Gasteiger partial charge in [0.25, 0.3) is 0 Å². The Kier molecular flexibility index (Phi) is 6.65. The summed E-state index contributed by atoms with van der Waals surface area (Å²) in [6, 6.07) is 2.89.